The van der Waals surface area contributed by atoms with Crippen molar-refractivity contribution in [2.45, 2.75) is 57.4 Å². The summed E-state index contributed by atoms with van der Waals surface area (Å²) in [5.41, 5.74) is 2.52. The molecule has 1 saturated carbocycles. The molecule has 39 heavy (non-hydrogen) atoms. The molecule has 0 saturated heterocycles. The number of carbonyl (C=O) groups excluding carboxylic acids is 1. The highest BCUT2D eigenvalue weighted by Gasteiger charge is 2.48. The molecule has 0 aliphatic heterocycles. The van der Waals surface area contributed by atoms with Crippen LogP contribution in [0.25, 0.3) is 11.1 Å². The van der Waals surface area contributed by atoms with Gasteiger partial charge in [-0.25, -0.2) is 0 Å². The lowest BCUT2D eigenvalue weighted by molar-refractivity contribution is -0.259. The Morgan fingerprint density at radius 3 is 2.10 bits per heavy atom. The van der Waals surface area contributed by atoms with Crippen molar-refractivity contribution in [3.8, 4) is 22.6 Å². The number of carboxylic acid groups (broad SMARTS) is 1. The fourth-order valence-corrected chi connectivity index (χ4v) is 4.33. The van der Waals surface area contributed by atoms with Crippen molar-refractivity contribution < 1.29 is 34.4 Å². The Morgan fingerprint density at radius 2 is 1.54 bits per heavy atom. The molecule has 0 heterocycles. The van der Waals surface area contributed by atoms with Crippen LogP contribution in [0.3, 0.4) is 0 Å². The van der Waals surface area contributed by atoms with E-state index in [1.807, 2.05) is 36.4 Å². The van der Waals surface area contributed by atoms with Gasteiger partial charge in [-0.3, -0.25) is 14.5 Å². The molecule has 0 radical (unpaired) electrons. The quantitative estimate of drug-likeness (QED) is 0.161. The number of benzene rings is 3. The molecule has 3 N–H and O–H groups in total. The third kappa shape index (κ3) is 7.81. The first-order valence-electron chi connectivity index (χ1n) is 13.2. The summed E-state index contributed by atoms with van der Waals surface area (Å²) in [7, 11) is 1.63. The van der Waals surface area contributed by atoms with Crippen LogP contribution in [0.4, 0.5) is 0 Å². The zero-order valence-corrected chi connectivity index (χ0v) is 22.5. The van der Waals surface area contributed by atoms with Crippen molar-refractivity contribution in [3.63, 3.8) is 0 Å². The number of ether oxygens (including phenoxy) is 2. The van der Waals surface area contributed by atoms with E-state index in [0.29, 0.717) is 17.9 Å². The van der Waals surface area contributed by atoms with Crippen LogP contribution in [0.5, 0.6) is 11.5 Å². The maximum atomic E-state index is 13.6. The summed E-state index contributed by atoms with van der Waals surface area (Å²) in [6.07, 6.45) is 5.65. The van der Waals surface area contributed by atoms with E-state index in [9.17, 15) is 15.0 Å². The summed E-state index contributed by atoms with van der Waals surface area (Å²) in [5, 5.41) is 29.6. The number of aliphatic hydroxyl groups is 2. The van der Waals surface area contributed by atoms with Crippen LogP contribution in [-0.2, 0) is 10.7 Å². The summed E-state index contributed by atoms with van der Waals surface area (Å²) in [5.74, 6) is -1.76. The predicted octanol–water partition coefficient (Wildman–Crippen LogP) is 5.42. The molecule has 1 amide bonds. The van der Waals surface area contributed by atoms with Crippen LogP contribution >= 0.6 is 0 Å². The summed E-state index contributed by atoms with van der Waals surface area (Å²) in [4.78, 5) is 23.1. The SMILES string of the molecule is CCCCCCOc1ccccc1C(O)(O)N(C(=O)c1ccc(-c2ccc(OC)cc2)cc1)C1CC1.O=CO. The maximum Gasteiger partial charge on any atom is 0.290 e. The molecule has 1 fully saturated rings. The van der Waals surface area contributed by atoms with Crippen molar-refractivity contribution in [2.24, 2.45) is 0 Å². The Balaban J connectivity index is 0.00000134. The number of hydrogen-bond acceptors (Lipinski definition) is 6. The van der Waals surface area contributed by atoms with E-state index in [1.165, 1.54) is 4.90 Å². The fraction of sp³-hybridized carbons (Fsp3) is 0.355. The molecular formula is C31H37NO7. The van der Waals surface area contributed by atoms with Crippen LogP contribution in [0, 0.1) is 0 Å². The number of nitrogens with zero attached hydrogens (tertiary/aromatic N) is 1. The third-order valence-electron chi connectivity index (χ3n) is 6.53. The van der Waals surface area contributed by atoms with Gasteiger partial charge in [-0.05, 0) is 66.8 Å². The van der Waals surface area contributed by atoms with E-state index < -0.39 is 11.8 Å². The Kier molecular flexibility index (Phi) is 10.9. The first kappa shape index (κ1) is 29.7. The van der Waals surface area contributed by atoms with Gasteiger partial charge in [-0.2, -0.15) is 0 Å². The Bertz CT molecular complexity index is 1190. The molecule has 0 spiro atoms. The molecular weight excluding hydrogens is 498 g/mol. The van der Waals surface area contributed by atoms with Gasteiger partial charge in [0.15, 0.2) is 0 Å². The minimum atomic E-state index is -2.49. The lowest BCUT2D eigenvalue weighted by Gasteiger charge is -2.36. The van der Waals surface area contributed by atoms with E-state index in [-0.39, 0.29) is 18.1 Å². The molecule has 0 bridgehead atoms. The average molecular weight is 536 g/mol. The van der Waals surface area contributed by atoms with Gasteiger partial charge in [0.1, 0.15) is 11.5 Å². The Labute approximate surface area is 229 Å². The first-order chi connectivity index (χ1) is 18.9. The van der Waals surface area contributed by atoms with Gasteiger partial charge in [0.25, 0.3) is 18.3 Å². The Hall–Kier alpha value is -3.88. The zero-order chi connectivity index (χ0) is 28.3. The number of para-hydroxylation sites is 1. The highest BCUT2D eigenvalue weighted by Crippen LogP contribution is 2.40. The minimum absolute atomic E-state index is 0.176. The maximum absolute atomic E-state index is 13.6. The molecule has 8 nitrogen and oxygen atoms in total. The summed E-state index contributed by atoms with van der Waals surface area (Å²) in [6, 6.07) is 21.5. The largest absolute Gasteiger partial charge is 0.497 e. The second-order valence-corrected chi connectivity index (χ2v) is 9.36. The number of amides is 1. The van der Waals surface area contributed by atoms with Crippen LogP contribution in [0.2, 0.25) is 0 Å². The zero-order valence-electron chi connectivity index (χ0n) is 22.5. The number of rotatable bonds is 12. The monoisotopic (exact) mass is 535 g/mol. The molecule has 0 atom stereocenters. The molecule has 3 aromatic carbocycles. The average Bonchev–Trinajstić information content (AvgIpc) is 3.78. The molecule has 208 valence electrons. The third-order valence-corrected chi connectivity index (χ3v) is 6.53. The standard InChI is InChI=1S/C30H35NO5.CH2O2/c1-3-4-5-8-21-36-28-10-7-6-9-27(28)30(33,34)31(25-17-18-25)29(32)24-13-11-22(12-14-24)23-15-19-26(35-2)20-16-23;2-1-3/h6-7,9-16,19-20,25,33-34H,3-5,8,17-18,21H2,1-2H3;1H,(H,2,3). The molecule has 4 rings (SSSR count). The number of carbonyl (C=O) groups is 2. The highest BCUT2D eigenvalue weighted by molar-refractivity contribution is 5.95. The second-order valence-electron chi connectivity index (χ2n) is 9.36. The number of hydrogen-bond donors (Lipinski definition) is 3. The fourth-order valence-electron chi connectivity index (χ4n) is 4.33. The van der Waals surface area contributed by atoms with Gasteiger partial charge in [-0.1, -0.05) is 62.6 Å². The van der Waals surface area contributed by atoms with Crippen molar-refractivity contribution >= 4 is 12.4 Å². The van der Waals surface area contributed by atoms with Gasteiger partial charge in [0, 0.05) is 11.6 Å². The lowest BCUT2D eigenvalue weighted by atomic mass is 10.0. The van der Waals surface area contributed by atoms with Gasteiger partial charge in [0.2, 0.25) is 0 Å². The molecule has 8 heteroatoms. The van der Waals surface area contributed by atoms with E-state index >= 15 is 0 Å². The summed E-state index contributed by atoms with van der Waals surface area (Å²) in [6.45, 7) is 2.38. The van der Waals surface area contributed by atoms with Crippen molar-refractivity contribution in [3.05, 3.63) is 83.9 Å². The van der Waals surface area contributed by atoms with Crippen LogP contribution < -0.4 is 9.47 Å². The van der Waals surface area contributed by atoms with Gasteiger partial charge >= 0.3 is 0 Å². The minimum Gasteiger partial charge on any atom is -0.497 e. The van der Waals surface area contributed by atoms with Crippen molar-refractivity contribution in [2.75, 3.05) is 13.7 Å². The molecule has 1 aliphatic carbocycles. The first-order valence-corrected chi connectivity index (χ1v) is 13.2. The lowest BCUT2D eigenvalue weighted by Crippen LogP contribution is -2.51. The Morgan fingerprint density at radius 1 is 0.949 bits per heavy atom. The highest BCUT2D eigenvalue weighted by atomic mass is 16.5. The van der Waals surface area contributed by atoms with Gasteiger partial charge in [0.05, 0.1) is 19.3 Å². The number of unbranched alkanes of at least 4 members (excludes halogenated alkanes) is 3. The van der Waals surface area contributed by atoms with Crippen LogP contribution in [0.15, 0.2) is 72.8 Å². The topological polar surface area (TPSA) is 117 Å². The summed E-state index contributed by atoms with van der Waals surface area (Å²) >= 11 is 0. The van der Waals surface area contributed by atoms with Crippen molar-refractivity contribution in [1.82, 2.24) is 4.90 Å². The van der Waals surface area contributed by atoms with Gasteiger partial charge < -0.3 is 24.8 Å². The molecule has 0 unspecified atom stereocenters. The van der Waals surface area contributed by atoms with Crippen molar-refractivity contribution in [1.29, 1.82) is 0 Å². The van der Waals surface area contributed by atoms with Gasteiger partial charge in [-0.15, -0.1) is 0 Å². The number of methoxy groups -OCH3 is 1. The predicted molar refractivity (Wildman–Crippen MR) is 149 cm³/mol. The smallest absolute Gasteiger partial charge is 0.290 e. The normalized spacial score (nSPS) is 12.6. The van der Waals surface area contributed by atoms with Crippen LogP contribution in [0.1, 0.15) is 61.4 Å². The van der Waals surface area contributed by atoms with Crippen LogP contribution in [-0.4, -0.2) is 52.4 Å². The molecule has 0 aromatic heterocycles. The van der Waals surface area contributed by atoms with E-state index in [1.54, 1.807) is 43.5 Å². The van der Waals surface area contributed by atoms with E-state index in [4.69, 9.17) is 19.4 Å². The summed E-state index contributed by atoms with van der Waals surface area (Å²) < 4.78 is 11.1. The molecule has 3 aromatic rings. The molecule has 1 aliphatic rings. The second kappa shape index (κ2) is 14.3. The van der Waals surface area contributed by atoms with E-state index in [0.717, 1.165) is 55.4 Å². The van der Waals surface area contributed by atoms with E-state index in [2.05, 4.69) is 6.92 Å².